The predicted octanol–water partition coefficient (Wildman–Crippen LogP) is 1.31. The van der Waals surface area contributed by atoms with Gasteiger partial charge < -0.3 is 4.74 Å². The van der Waals surface area contributed by atoms with Crippen LogP contribution in [0.1, 0.15) is 29.5 Å². The number of H-pyrrole nitrogens is 1. The zero-order valence-electron chi connectivity index (χ0n) is 11.8. The second-order valence-electron chi connectivity index (χ2n) is 5.72. The van der Waals surface area contributed by atoms with Crippen molar-refractivity contribution in [3.8, 4) is 0 Å². The van der Waals surface area contributed by atoms with Crippen molar-refractivity contribution in [3.05, 3.63) is 28.3 Å². The van der Waals surface area contributed by atoms with E-state index in [1.54, 1.807) is 6.20 Å². The first-order valence-corrected chi connectivity index (χ1v) is 7.52. The number of aromatic nitrogens is 5. The summed E-state index contributed by atoms with van der Waals surface area (Å²) in [4.78, 5) is 2.35. The molecule has 0 saturated carbocycles. The molecule has 2 aromatic rings. The van der Waals surface area contributed by atoms with Gasteiger partial charge in [0.25, 0.3) is 0 Å². The molecule has 4 heterocycles. The molecule has 0 aromatic carbocycles. The number of hydrogen-bond acceptors (Lipinski definition) is 5. The molecule has 4 rings (SSSR count). The topological polar surface area (TPSA) is 71.9 Å². The number of nitrogens with zero attached hydrogens (tertiary/aromatic N) is 5. The third-order valence-electron chi connectivity index (χ3n) is 4.33. The van der Waals surface area contributed by atoms with Crippen molar-refractivity contribution in [1.82, 2.24) is 30.1 Å². The molecular formula is C13H17ClN6O. The lowest BCUT2D eigenvalue weighted by Gasteiger charge is -2.40. The number of piperidine rings is 1. The average Bonchev–Trinajstić information content (AvgIpc) is 3.09. The summed E-state index contributed by atoms with van der Waals surface area (Å²) < 4.78 is 7.93. The van der Waals surface area contributed by atoms with Gasteiger partial charge in [-0.05, 0) is 13.3 Å². The third-order valence-corrected chi connectivity index (χ3v) is 4.83. The number of aryl methyl sites for hydroxylation is 1. The number of ether oxygens (including phenoxy) is 1. The van der Waals surface area contributed by atoms with E-state index in [2.05, 4.69) is 25.4 Å². The summed E-state index contributed by atoms with van der Waals surface area (Å²) >= 11 is 6.26. The van der Waals surface area contributed by atoms with Crippen molar-refractivity contribution in [3.63, 3.8) is 0 Å². The van der Waals surface area contributed by atoms with E-state index in [0.29, 0.717) is 6.61 Å². The van der Waals surface area contributed by atoms with E-state index >= 15 is 0 Å². The summed E-state index contributed by atoms with van der Waals surface area (Å²) in [7, 11) is 0. The molecule has 0 spiro atoms. The lowest BCUT2D eigenvalue weighted by molar-refractivity contribution is -0.0671. The molecule has 0 aliphatic carbocycles. The van der Waals surface area contributed by atoms with Crippen LogP contribution < -0.4 is 0 Å². The van der Waals surface area contributed by atoms with Gasteiger partial charge >= 0.3 is 0 Å². The molecule has 1 N–H and O–H groups in total. The van der Waals surface area contributed by atoms with Crippen LogP contribution in [0.2, 0.25) is 5.02 Å². The molecule has 7 nitrogen and oxygen atoms in total. The van der Waals surface area contributed by atoms with Gasteiger partial charge in [-0.2, -0.15) is 5.10 Å². The van der Waals surface area contributed by atoms with E-state index in [-0.39, 0.29) is 12.1 Å². The van der Waals surface area contributed by atoms with Crippen LogP contribution in [0, 0.1) is 6.92 Å². The standard InChI is InChI=1S/C13H17ClN6O/c1-8-13(14)10(17-16-8)5-19-3-2-12-11(6-19)20-9(7-21-12)4-15-18-20/h4,11-12H,2-3,5-7H2,1H3,(H,16,17)/t11-,12-/m1/s1. The van der Waals surface area contributed by atoms with Crippen molar-refractivity contribution in [1.29, 1.82) is 0 Å². The van der Waals surface area contributed by atoms with Crippen LogP contribution in [0.3, 0.4) is 0 Å². The molecule has 8 heteroatoms. The first-order chi connectivity index (χ1) is 10.2. The van der Waals surface area contributed by atoms with Crippen LogP contribution in [0.15, 0.2) is 6.20 Å². The highest BCUT2D eigenvalue weighted by molar-refractivity contribution is 6.31. The van der Waals surface area contributed by atoms with E-state index in [0.717, 1.165) is 48.2 Å². The minimum Gasteiger partial charge on any atom is -0.370 e. The van der Waals surface area contributed by atoms with Gasteiger partial charge in [0.05, 0.1) is 47.1 Å². The Bertz CT molecular complexity index is 653. The number of fused-ring (bicyclic) bond motifs is 3. The second-order valence-corrected chi connectivity index (χ2v) is 6.10. The van der Waals surface area contributed by atoms with Gasteiger partial charge in [0.1, 0.15) is 0 Å². The Morgan fingerprint density at radius 2 is 2.43 bits per heavy atom. The maximum atomic E-state index is 6.26. The summed E-state index contributed by atoms with van der Waals surface area (Å²) in [5.41, 5.74) is 2.87. The maximum Gasteiger partial charge on any atom is 0.0951 e. The Balaban J connectivity index is 1.52. The van der Waals surface area contributed by atoms with Crippen LogP contribution in [0.4, 0.5) is 0 Å². The monoisotopic (exact) mass is 308 g/mol. The van der Waals surface area contributed by atoms with Gasteiger partial charge in [-0.15, -0.1) is 5.10 Å². The van der Waals surface area contributed by atoms with Crippen molar-refractivity contribution >= 4 is 11.6 Å². The Labute approximate surface area is 127 Å². The molecule has 0 bridgehead atoms. The SMILES string of the molecule is Cc1[nH]nc(CN2CC[C@H]3OCc4cnnn4[C@@H]3C2)c1Cl. The van der Waals surface area contributed by atoms with Crippen LogP contribution >= 0.6 is 11.6 Å². The highest BCUT2D eigenvalue weighted by Crippen LogP contribution is 2.31. The highest BCUT2D eigenvalue weighted by atomic mass is 35.5. The van der Waals surface area contributed by atoms with Gasteiger partial charge in [-0.25, -0.2) is 4.68 Å². The smallest absolute Gasteiger partial charge is 0.0951 e. The fraction of sp³-hybridized carbons (Fsp3) is 0.615. The number of aromatic amines is 1. The lowest BCUT2D eigenvalue weighted by Crippen LogP contribution is -2.47. The summed E-state index contributed by atoms with van der Waals surface area (Å²) in [6, 6.07) is 0.226. The van der Waals surface area contributed by atoms with Gasteiger partial charge in [0.2, 0.25) is 0 Å². The molecule has 112 valence electrons. The molecule has 2 aliphatic heterocycles. The molecule has 2 aromatic heterocycles. The lowest BCUT2D eigenvalue weighted by atomic mass is 10.0. The largest absolute Gasteiger partial charge is 0.370 e. The van der Waals surface area contributed by atoms with Crippen molar-refractivity contribution in [2.24, 2.45) is 0 Å². The zero-order valence-corrected chi connectivity index (χ0v) is 12.5. The summed E-state index contributed by atoms with van der Waals surface area (Å²) in [6.07, 6.45) is 3.00. The van der Waals surface area contributed by atoms with Gasteiger partial charge in [-0.1, -0.05) is 16.8 Å². The van der Waals surface area contributed by atoms with Gasteiger partial charge in [-0.3, -0.25) is 10.00 Å². The van der Waals surface area contributed by atoms with Crippen LogP contribution in [-0.4, -0.2) is 49.3 Å². The number of likely N-dealkylation sites (tertiary alicyclic amines) is 1. The highest BCUT2D eigenvalue weighted by Gasteiger charge is 2.36. The van der Waals surface area contributed by atoms with Crippen molar-refractivity contribution in [2.75, 3.05) is 13.1 Å². The van der Waals surface area contributed by atoms with Gasteiger partial charge in [0.15, 0.2) is 0 Å². The van der Waals surface area contributed by atoms with Crippen LogP contribution in [-0.2, 0) is 17.9 Å². The van der Waals surface area contributed by atoms with E-state index in [4.69, 9.17) is 16.3 Å². The number of halogens is 1. The Hall–Kier alpha value is -1.44. The van der Waals surface area contributed by atoms with Gasteiger partial charge in [0, 0.05) is 19.6 Å². The van der Waals surface area contributed by atoms with E-state index in [9.17, 15) is 0 Å². The summed E-state index contributed by atoms with van der Waals surface area (Å²) in [5, 5.41) is 16.2. The Kier molecular flexibility index (Phi) is 3.20. The van der Waals surface area contributed by atoms with E-state index < -0.39 is 0 Å². The zero-order chi connectivity index (χ0) is 14.4. The van der Waals surface area contributed by atoms with Crippen LogP contribution in [0.25, 0.3) is 0 Å². The minimum absolute atomic E-state index is 0.226. The summed E-state index contributed by atoms with van der Waals surface area (Å²) in [6.45, 7) is 5.15. The molecule has 2 aliphatic rings. The first-order valence-electron chi connectivity index (χ1n) is 7.14. The second kappa shape index (κ2) is 5.08. The van der Waals surface area contributed by atoms with E-state index in [1.165, 1.54) is 0 Å². The summed E-state index contributed by atoms with van der Waals surface area (Å²) in [5.74, 6) is 0. The molecule has 21 heavy (non-hydrogen) atoms. The van der Waals surface area contributed by atoms with Crippen molar-refractivity contribution in [2.45, 2.75) is 38.6 Å². The number of hydrogen-bond donors (Lipinski definition) is 1. The molecule has 1 fully saturated rings. The fourth-order valence-electron chi connectivity index (χ4n) is 3.17. The molecule has 0 radical (unpaired) electrons. The first kappa shape index (κ1) is 13.2. The van der Waals surface area contributed by atoms with Crippen LogP contribution in [0.5, 0.6) is 0 Å². The van der Waals surface area contributed by atoms with E-state index in [1.807, 2.05) is 11.6 Å². The maximum absolute atomic E-state index is 6.26. The molecule has 1 saturated heterocycles. The third kappa shape index (κ3) is 2.25. The Morgan fingerprint density at radius 3 is 3.24 bits per heavy atom. The molecule has 0 unspecified atom stereocenters. The Morgan fingerprint density at radius 1 is 1.52 bits per heavy atom. The predicted molar refractivity (Wildman–Crippen MR) is 75.9 cm³/mol. The normalized spacial score (nSPS) is 25.6. The van der Waals surface area contributed by atoms with Crippen molar-refractivity contribution < 1.29 is 4.74 Å². The minimum atomic E-state index is 0.226. The molecule has 2 atom stereocenters. The number of nitrogens with one attached hydrogen (secondary N) is 1. The number of rotatable bonds is 2. The molecular weight excluding hydrogens is 292 g/mol. The fourth-order valence-corrected chi connectivity index (χ4v) is 3.32. The quantitative estimate of drug-likeness (QED) is 0.905. The molecule has 0 amide bonds. The average molecular weight is 309 g/mol.